The van der Waals surface area contributed by atoms with Crippen LogP contribution in [0.5, 0.6) is 0 Å². The van der Waals surface area contributed by atoms with Crippen molar-refractivity contribution in [2.75, 3.05) is 19.8 Å². The first kappa shape index (κ1) is 12.6. The van der Waals surface area contributed by atoms with Crippen molar-refractivity contribution >= 4 is 5.91 Å². The van der Waals surface area contributed by atoms with Crippen LogP contribution in [0.15, 0.2) is 11.6 Å². The first-order valence-corrected chi connectivity index (χ1v) is 6.56. The summed E-state index contributed by atoms with van der Waals surface area (Å²) >= 11 is 0. The molecule has 0 radical (unpaired) electrons. The summed E-state index contributed by atoms with van der Waals surface area (Å²) in [4.78, 5) is 11.8. The zero-order valence-corrected chi connectivity index (χ0v) is 10.3. The van der Waals surface area contributed by atoms with Gasteiger partial charge in [-0.25, -0.2) is 0 Å². The molecule has 0 aromatic rings. The quantitative estimate of drug-likeness (QED) is 0.717. The van der Waals surface area contributed by atoms with Crippen LogP contribution in [-0.2, 0) is 9.53 Å². The lowest BCUT2D eigenvalue weighted by molar-refractivity contribution is -0.125. The van der Waals surface area contributed by atoms with Crippen LogP contribution in [0.2, 0.25) is 0 Å². The van der Waals surface area contributed by atoms with Gasteiger partial charge < -0.3 is 15.8 Å². The minimum atomic E-state index is -0.157. The highest BCUT2D eigenvalue weighted by Gasteiger charge is 2.30. The van der Waals surface area contributed by atoms with Crippen LogP contribution in [0.25, 0.3) is 0 Å². The van der Waals surface area contributed by atoms with Gasteiger partial charge in [0.1, 0.15) is 0 Å². The van der Waals surface area contributed by atoms with E-state index in [9.17, 15) is 4.79 Å². The predicted octanol–water partition coefficient (Wildman–Crippen LogP) is 0.967. The van der Waals surface area contributed by atoms with Gasteiger partial charge >= 0.3 is 0 Å². The number of amides is 1. The van der Waals surface area contributed by atoms with Crippen LogP contribution in [0.3, 0.4) is 0 Å². The van der Waals surface area contributed by atoms with Gasteiger partial charge in [0.2, 0.25) is 5.91 Å². The van der Waals surface area contributed by atoms with Crippen LogP contribution < -0.4 is 11.1 Å². The molecule has 2 unspecified atom stereocenters. The Morgan fingerprint density at radius 3 is 3.00 bits per heavy atom. The molecule has 1 aliphatic heterocycles. The lowest BCUT2D eigenvalue weighted by Crippen LogP contribution is -2.41. The summed E-state index contributed by atoms with van der Waals surface area (Å²) in [7, 11) is 0. The lowest BCUT2D eigenvalue weighted by atomic mass is 9.97. The van der Waals surface area contributed by atoms with Gasteiger partial charge in [0, 0.05) is 12.6 Å². The van der Waals surface area contributed by atoms with Crippen molar-refractivity contribution in [2.24, 2.45) is 11.7 Å². The molecule has 1 heterocycles. The number of nitrogens with two attached hydrogens (primary N) is 1. The standard InChI is InChI=1S/C13H22N2O2/c14-12-9-17-8-11(12)13(16)15-7-6-10-4-2-1-3-5-10/h4,11-12H,1-3,5-9,14H2,(H,15,16). The van der Waals surface area contributed by atoms with E-state index in [2.05, 4.69) is 11.4 Å². The fourth-order valence-electron chi connectivity index (χ4n) is 2.45. The number of carbonyl (C=O) groups is 1. The topological polar surface area (TPSA) is 64.3 Å². The molecule has 1 amide bonds. The van der Waals surface area contributed by atoms with Gasteiger partial charge in [0.15, 0.2) is 0 Å². The van der Waals surface area contributed by atoms with E-state index in [0.29, 0.717) is 13.2 Å². The second-order valence-corrected chi connectivity index (χ2v) is 4.96. The fourth-order valence-corrected chi connectivity index (χ4v) is 2.45. The molecule has 0 spiro atoms. The molecule has 0 aromatic carbocycles. The molecule has 0 saturated carbocycles. The molecule has 1 saturated heterocycles. The van der Waals surface area contributed by atoms with Crippen LogP contribution >= 0.6 is 0 Å². The third kappa shape index (κ3) is 3.54. The van der Waals surface area contributed by atoms with Crippen molar-refractivity contribution in [3.05, 3.63) is 11.6 Å². The Hall–Kier alpha value is -0.870. The maximum atomic E-state index is 11.8. The van der Waals surface area contributed by atoms with E-state index in [-0.39, 0.29) is 17.9 Å². The molecule has 0 aromatic heterocycles. The molecule has 1 aliphatic carbocycles. The van der Waals surface area contributed by atoms with Crippen molar-refractivity contribution in [1.29, 1.82) is 0 Å². The van der Waals surface area contributed by atoms with Gasteiger partial charge in [-0.15, -0.1) is 0 Å². The highest BCUT2D eigenvalue weighted by molar-refractivity contribution is 5.79. The fraction of sp³-hybridized carbons (Fsp3) is 0.769. The summed E-state index contributed by atoms with van der Waals surface area (Å²) in [5, 5.41) is 2.96. The molecular weight excluding hydrogens is 216 g/mol. The minimum absolute atomic E-state index is 0.0476. The average molecular weight is 238 g/mol. The molecule has 2 atom stereocenters. The predicted molar refractivity (Wildman–Crippen MR) is 66.5 cm³/mol. The molecule has 17 heavy (non-hydrogen) atoms. The lowest BCUT2D eigenvalue weighted by Gasteiger charge is -2.15. The Morgan fingerprint density at radius 2 is 2.35 bits per heavy atom. The van der Waals surface area contributed by atoms with Gasteiger partial charge in [-0.1, -0.05) is 11.6 Å². The smallest absolute Gasteiger partial charge is 0.227 e. The zero-order chi connectivity index (χ0) is 12.1. The van der Waals surface area contributed by atoms with Gasteiger partial charge in [0.05, 0.1) is 19.1 Å². The maximum absolute atomic E-state index is 11.8. The van der Waals surface area contributed by atoms with E-state index in [1.54, 1.807) is 0 Å². The van der Waals surface area contributed by atoms with Crippen molar-refractivity contribution in [3.63, 3.8) is 0 Å². The maximum Gasteiger partial charge on any atom is 0.227 e. The highest BCUT2D eigenvalue weighted by atomic mass is 16.5. The van der Waals surface area contributed by atoms with Crippen LogP contribution in [-0.4, -0.2) is 31.7 Å². The molecule has 3 N–H and O–H groups in total. The molecule has 0 bridgehead atoms. The number of hydrogen-bond acceptors (Lipinski definition) is 3. The summed E-state index contributed by atoms with van der Waals surface area (Å²) in [6.45, 7) is 1.70. The van der Waals surface area contributed by atoms with Crippen LogP contribution in [0, 0.1) is 5.92 Å². The van der Waals surface area contributed by atoms with E-state index in [1.807, 2.05) is 0 Å². The largest absolute Gasteiger partial charge is 0.379 e. The molecule has 96 valence electrons. The number of hydrogen-bond donors (Lipinski definition) is 2. The number of rotatable bonds is 4. The van der Waals surface area contributed by atoms with Crippen LogP contribution in [0.1, 0.15) is 32.1 Å². The third-order valence-electron chi connectivity index (χ3n) is 3.59. The van der Waals surface area contributed by atoms with Gasteiger partial charge in [-0.05, 0) is 32.1 Å². The highest BCUT2D eigenvalue weighted by Crippen LogP contribution is 2.19. The third-order valence-corrected chi connectivity index (χ3v) is 3.59. The van der Waals surface area contributed by atoms with E-state index in [0.717, 1.165) is 13.0 Å². The second-order valence-electron chi connectivity index (χ2n) is 4.96. The zero-order valence-electron chi connectivity index (χ0n) is 10.3. The van der Waals surface area contributed by atoms with Crippen molar-refractivity contribution < 1.29 is 9.53 Å². The Labute approximate surface area is 103 Å². The molecule has 2 aliphatic rings. The molecule has 4 nitrogen and oxygen atoms in total. The van der Waals surface area contributed by atoms with E-state index in [1.165, 1.54) is 31.3 Å². The van der Waals surface area contributed by atoms with Crippen molar-refractivity contribution in [1.82, 2.24) is 5.32 Å². The van der Waals surface area contributed by atoms with Gasteiger partial charge in [-0.2, -0.15) is 0 Å². The van der Waals surface area contributed by atoms with E-state index >= 15 is 0 Å². The molecule has 4 heteroatoms. The molecule has 1 fully saturated rings. The normalized spacial score (nSPS) is 28.9. The molecule has 2 rings (SSSR count). The van der Waals surface area contributed by atoms with Gasteiger partial charge in [0.25, 0.3) is 0 Å². The monoisotopic (exact) mass is 238 g/mol. The summed E-state index contributed by atoms with van der Waals surface area (Å²) < 4.78 is 5.19. The minimum Gasteiger partial charge on any atom is -0.379 e. The molecular formula is C13H22N2O2. The number of allylic oxidation sites excluding steroid dienone is 1. The summed E-state index contributed by atoms with van der Waals surface area (Å²) in [6.07, 6.45) is 8.30. The second kappa shape index (κ2) is 6.17. The number of ether oxygens (including phenoxy) is 1. The van der Waals surface area contributed by atoms with Crippen LogP contribution in [0.4, 0.5) is 0 Å². The summed E-state index contributed by atoms with van der Waals surface area (Å²) in [6, 6.07) is -0.135. The Kier molecular flexibility index (Phi) is 4.57. The number of carbonyl (C=O) groups excluding carboxylic acids is 1. The Morgan fingerprint density at radius 1 is 1.47 bits per heavy atom. The van der Waals surface area contributed by atoms with Gasteiger partial charge in [-0.3, -0.25) is 4.79 Å². The average Bonchev–Trinajstić information content (AvgIpc) is 2.77. The van der Waals surface area contributed by atoms with E-state index in [4.69, 9.17) is 10.5 Å². The summed E-state index contributed by atoms with van der Waals surface area (Å²) in [5.41, 5.74) is 7.29. The summed E-state index contributed by atoms with van der Waals surface area (Å²) in [5.74, 6) is -0.109. The Balaban J connectivity index is 1.67. The SMILES string of the molecule is NC1COCC1C(=O)NCCC1=CCCCC1. The first-order chi connectivity index (χ1) is 8.27. The Bertz CT molecular complexity index is 302. The number of nitrogens with one attached hydrogen (secondary N) is 1. The van der Waals surface area contributed by atoms with Crippen molar-refractivity contribution in [3.8, 4) is 0 Å². The van der Waals surface area contributed by atoms with Crippen molar-refractivity contribution in [2.45, 2.75) is 38.1 Å². The van der Waals surface area contributed by atoms with E-state index < -0.39 is 0 Å². The first-order valence-electron chi connectivity index (χ1n) is 6.56.